The molecule has 3 rings (SSSR count). The molecule has 3 aromatic rings. The van der Waals surface area contributed by atoms with Gasteiger partial charge in [-0.3, -0.25) is 10.1 Å². The van der Waals surface area contributed by atoms with Crippen molar-refractivity contribution in [2.75, 3.05) is 25.0 Å². The molecule has 0 aliphatic heterocycles. The quantitative estimate of drug-likeness (QED) is 0.444. The number of amides is 1. The van der Waals surface area contributed by atoms with E-state index < -0.39 is 10.0 Å². The molecule has 1 heterocycles. The minimum atomic E-state index is -3.62. The zero-order valence-corrected chi connectivity index (χ0v) is 20.5. The van der Waals surface area contributed by atoms with Gasteiger partial charge in [0.1, 0.15) is 0 Å². The first-order valence-corrected chi connectivity index (χ1v) is 12.9. The number of anilines is 1. The highest BCUT2D eigenvalue weighted by molar-refractivity contribution is 7.89. The van der Waals surface area contributed by atoms with Crippen LogP contribution in [0.1, 0.15) is 44.5 Å². The highest BCUT2D eigenvalue weighted by Gasteiger charge is 2.18. The molecule has 0 aliphatic carbocycles. The SMILES string of the molecule is CCC(C)NS(=O)(=O)c1ccc(C(=O)Nc2nc3ccccc3n2CCN(CC)CC)cc1. The fourth-order valence-corrected chi connectivity index (χ4v) is 4.88. The molecule has 178 valence electrons. The molecule has 0 bridgehead atoms. The van der Waals surface area contributed by atoms with E-state index in [1.54, 1.807) is 0 Å². The van der Waals surface area contributed by atoms with Crippen LogP contribution in [0, 0.1) is 0 Å². The van der Waals surface area contributed by atoms with Crippen LogP contribution in [0.3, 0.4) is 0 Å². The molecule has 0 aliphatic rings. The van der Waals surface area contributed by atoms with Crippen molar-refractivity contribution in [1.29, 1.82) is 0 Å². The Hall–Kier alpha value is -2.75. The van der Waals surface area contributed by atoms with Crippen molar-refractivity contribution in [3.8, 4) is 0 Å². The highest BCUT2D eigenvalue weighted by Crippen LogP contribution is 2.21. The van der Waals surface area contributed by atoms with Gasteiger partial charge in [-0.2, -0.15) is 0 Å². The van der Waals surface area contributed by atoms with Gasteiger partial charge in [0, 0.05) is 24.7 Å². The van der Waals surface area contributed by atoms with Gasteiger partial charge in [0.25, 0.3) is 5.91 Å². The van der Waals surface area contributed by atoms with E-state index in [1.807, 2.05) is 42.7 Å². The van der Waals surface area contributed by atoms with Crippen molar-refractivity contribution in [2.45, 2.75) is 51.6 Å². The second-order valence-corrected chi connectivity index (χ2v) is 9.73. The molecule has 0 spiro atoms. The standard InChI is InChI=1S/C24H33N5O3S/c1-5-18(4)27-33(31,32)20-14-12-19(13-15-20)23(30)26-24-25-21-10-8-9-11-22(21)29(24)17-16-28(6-2)7-3/h8-15,18,27H,5-7,16-17H2,1-4H3,(H,25,26,30). The largest absolute Gasteiger partial charge is 0.309 e. The molecule has 0 saturated carbocycles. The molecule has 1 aromatic heterocycles. The number of nitrogens with zero attached hydrogens (tertiary/aromatic N) is 3. The minimum absolute atomic E-state index is 0.130. The fraction of sp³-hybridized carbons (Fsp3) is 0.417. The molecule has 1 atom stereocenters. The molecule has 0 saturated heterocycles. The molecule has 1 amide bonds. The third-order valence-corrected chi connectivity index (χ3v) is 7.42. The van der Waals surface area contributed by atoms with Crippen LogP contribution in [-0.4, -0.2) is 54.5 Å². The maximum Gasteiger partial charge on any atom is 0.257 e. The first kappa shape index (κ1) is 24.9. The molecule has 8 nitrogen and oxygen atoms in total. The Kier molecular flexibility index (Phi) is 8.23. The number of nitrogens with one attached hydrogen (secondary N) is 2. The maximum absolute atomic E-state index is 12.9. The third kappa shape index (κ3) is 5.98. The van der Waals surface area contributed by atoms with Crippen LogP contribution in [0.5, 0.6) is 0 Å². The van der Waals surface area contributed by atoms with Crippen molar-refractivity contribution in [3.63, 3.8) is 0 Å². The number of hydrogen-bond donors (Lipinski definition) is 2. The molecule has 0 fully saturated rings. The monoisotopic (exact) mass is 471 g/mol. The molecule has 2 aromatic carbocycles. The Morgan fingerprint density at radius 1 is 1.06 bits per heavy atom. The van der Waals surface area contributed by atoms with Crippen molar-refractivity contribution in [2.24, 2.45) is 0 Å². The normalized spacial score (nSPS) is 12.9. The first-order valence-electron chi connectivity index (χ1n) is 11.4. The molecular weight excluding hydrogens is 438 g/mol. The maximum atomic E-state index is 12.9. The number of benzene rings is 2. The number of para-hydroxylation sites is 2. The number of imidazole rings is 1. The van der Waals surface area contributed by atoms with Gasteiger partial charge in [0.05, 0.1) is 15.9 Å². The first-order chi connectivity index (χ1) is 15.8. The molecule has 1 unspecified atom stereocenters. The lowest BCUT2D eigenvalue weighted by Crippen LogP contribution is -2.32. The van der Waals surface area contributed by atoms with Gasteiger partial charge in [-0.15, -0.1) is 0 Å². The van der Waals surface area contributed by atoms with E-state index in [-0.39, 0.29) is 16.8 Å². The van der Waals surface area contributed by atoms with Gasteiger partial charge in [-0.1, -0.05) is 32.9 Å². The van der Waals surface area contributed by atoms with Crippen LogP contribution in [0.15, 0.2) is 53.4 Å². The fourth-order valence-electron chi connectivity index (χ4n) is 3.55. The summed E-state index contributed by atoms with van der Waals surface area (Å²) in [7, 11) is -3.62. The molecule has 33 heavy (non-hydrogen) atoms. The van der Waals surface area contributed by atoms with Crippen LogP contribution >= 0.6 is 0 Å². The number of rotatable bonds is 11. The minimum Gasteiger partial charge on any atom is -0.309 e. The van der Waals surface area contributed by atoms with E-state index >= 15 is 0 Å². The van der Waals surface area contributed by atoms with Crippen LogP contribution in [0.2, 0.25) is 0 Å². The van der Waals surface area contributed by atoms with Crippen LogP contribution < -0.4 is 10.0 Å². The smallest absolute Gasteiger partial charge is 0.257 e. The highest BCUT2D eigenvalue weighted by atomic mass is 32.2. The summed E-state index contributed by atoms with van der Waals surface area (Å²) in [6, 6.07) is 13.5. The van der Waals surface area contributed by atoms with Crippen molar-refractivity contribution < 1.29 is 13.2 Å². The lowest BCUT2D eigenvalue weighted by Gasteiger charge is -2.19. The van der Waals surface area contributed by atoms with Gasteiger partial charge in [-0.05, 0) is 62.8 Å². The Morgan fingerprint density at radius 3 is 2.36 bits per heavy atom. The summed E-state index contributed by atoms with van der Waals surface area (Å²) in [6.45, 7) is 11.4. The number of sulfonamides is 1. The summed E-state index contributed by atoms with van der Waals surface area (Å²) in [5.74, 6) is 0.136. The van der Waals surface area contributed by atoms with Gasteiger partial charge in [0.2, 0.25) is 16.0 Å². The van der Waals surface area contributed by atoms with E-state index in [2.05, 4.69) is 33.8 Å². The number of aromatic nitrogens is 2. The summed E-state index contributed by atoms with van der Waals surface area (Å²) >= 11 is 0. The van der Waals surface area contributed by atoms with Gasteiger partial charge in [0.15, 0.2) is 0 Å². The van der Waals surface area contributed by atoms with E-state index in [9.17, 15) is 13.2 Å². The summed E-state index contributed by atoms with van der Waals surface area (Å²) in [6.07, 6.45) is 0.689. The zero-order valence-electron chi connectivity index (χ0n) is 19.7. The molecule has 2 N–H and O–H groups in total. The summed E-state index contributed by atoms with van der Waals surface area (Å²) in [4.78, 5) is 20.0. The van der Waals surface area contributed by atoms with Crippen LogP contribution in [0.4, 0.5) is 5.95 Å². The Morgan fingerprint density at radius 2 is 1.73 bits per heavy atom. The van der Waals surface area contributed by atoms with E-state index in [0.717, 1.165) is 30.7 Å². The van der Waals surface area contributed by atoms with Crippen molar-refractivity contribution in [3.05, 3.63) is 54.1 Å². The van der Waals surface area contributed by atoms with Crippen molar-refractivity contribution in [1.82, 2.24) is 19.2 Å². The Balaban J connectivity index is 1.81. The molecule has 0 radical (unpaired) electrons. The number of carbonyl (C=O) groups is 1. The Bertz CT molecular complexity index is 1180. The molecular formula is C24H33N5O3S. The van der Waals surface area contributed by atoms with Gasteiger partial charge < -0.3 is 9.47 Å². The van der Waals surface area contributed by atoms with Crippen LogP contribution in [0.25, 0.3) is 11.0 Å². The number of carbonyl (C=O) groups excluding carboxylic acids is 1. The van der Waals surface area contributed by atoms with Gasteiger partial charge >= 0.3 is 0 Å². The second-order valence-electron chi connectivity index (χ2n) is 8.01. The lowest BCUT2D eigenvalue weighted by molar-refractivity contribution is 0.102. The number of fused-ring (bicyclic) bond motifs is 1. The second kappa shape index (κ2) is 10.9. The third-order valence-electron chi connectivity index (χ3n) is 5.81. The van der Waals surface area contributed by atoms with E-state index in [0.29, 0.717) is 24.5 Å². The van der Waals surface area contributed by atoms with Gasteiger partial charge in [-0.25, -0.2) is 18.1 Å². The molecule has 9 heteroatoms. The summed E-state index contributed by atoms with van der Waals surface area (Å²) in [5.41, 5.74) is 2.13. The van der Waals surface area contributed by atoms with E-state index in [1.165, 1.54) is 24.3 Å². The average Bonchev–Trinajstić information content (AvgIpc) is 3.16. The Labute approximate surface area is 196 Å². The zero-order chi connectivity index (χ0) is 24.0. The lowest BCUT2D eigenvalue weighted by atomic mass is 10.2. The van der Waals surface area contributed by atoms with Crippen LogP contribution in [-0.2, 0) is 16.6 Å². The number of likely N-dealkylation sites (N-methyl/N-ethyl adjacent to an activating group) is 1. The van der Waals surface area contributed by atoms with Crippen molar-refractivity contribution >= 4 is 32.9 Å². The van der Waals surface area contributed by atoms with E-state index in [4.69, 9.17) is 0 Å². The predicted molar refractivity (Wildman–Crippen MR) is 132 cm³/mol. The summed E-state index contributed by atoms with van der Waals surface area (Å²) < 4.78 is 29.6. The predicted octanol–water partition coefficient (Wildman–Crippen LogP) is 3.71. The number of hydrogen-bond acceptors (Lipinski definition) is 5. The summed E-state index contributed by atoms with van der Waals surface area (Å²) in [5, 5.41) is 2.90. The average molecular weight is 472 g/mol. The topological polar surface area (TPSA) is 96.3 Å².